The molecule has 2 amide bonds. The zero-order chi connectivity index (χ0) is 19.2. The molecule has 0 bridgehead atoms. The van der Waals surface area contributed by atoms with Gasteiger partial charge in [-0.25, -0.2) is 5.43 Å². The van der Waals surface area contributed by atoms with Gasteiger partial charge in [-0.1, -0.05) is 74.7 Å². The molecule has 0 unspecified atom stereocenters. The number of hydrazone groups is 1. The molecule has 0 fully saturated rings. The zero-order valence-corrected chi connectivity index (χ0v) is 16.7. The molecular weight excluding hydrogens is 373 g/mol. The van der Waals surface area contributed by atoms with E-state index in [4.69, 9.17) is 23.2 Å². The van der Waals surface area contributed by atoms with Crippen LogP contribution in [0.3, 0.4) is 0 Å². The lowest BCUT2D eigenvalue weighted by Crippen LogP contribution is -2.34. The summed E-state index contributed by atoms with van der Waals surface area (Å²) in [5.41, 5.74) is 2.86. The molecule has 1 rings (SSSR count). The van der Waals surface area contributed by atoms with Crippen LogP contribution in [0.5, 0.6) is 0 Å². The van der Waals surface area contributed by atoms with Crippen molar-refractivity contribution in [2.24, 2.45) is 5.10 Å². The van der Waals surface area contributed by atoms with E-state index >= 15 is 0 Å². The van der Waals surface area contributed by atoms with Crippen LogP contribution in [0, 0.1) is 0 Å². The minimum atomic E-state index is -0.405. The summed E-state index contributed by atoms with van der Waals surface area (Å²) in [7, 11) is 0. The molecule has 0 aliphatic rings. The van der Waals surface area contributed by atoms with Crippen molar-refractivity contribution in [2.45, 2.75) is 58.3 Å². The van der Waals surface area contributed by atoms with E-state index in [2.05, 4.69) is 22.8 Å². The maximum atomic E-state index is 11.7. The van der Waals surface area contributed by atoms with E-state index in [0.29, 0.717) is 22.0 Å². The largest absolute Gasteiger partial charge is 0.347 e. The summed E-state index contributed by atoms with van der Waals surface area (Å²) in [6.07, 6.45) is 9.89. The van der Waals surface area contributed by atoms with Crippen LogP contribution in [-0.4, -0.2) is 24.6 Å². The van der Waals surface area contributed by atoms with E-state index in [-0.39, 0.29) is 12.5 Å². The Morgan fingerprint density at radius 3 is 2.27 bits per heavy atom. The molecule has 26 heavy (non-hydrogen) atoms. The third-order valence-electron chi connectivity index (χ3n) is 3.84. The lowest BCUT2D eigenvalue weighted by atomic mass is 10.1. The van der Waals surface area contributed by atoms with Crippen LogP contribution in [0.1, 0.15) is 63.9 Å². The second-order valence-corrected chi connectivity index (χ2v) is 6.89. The molecule has 5 nitrogen and oxygen atoms in total. The molecule has 0 spiro atoms. The first kappa shape index (κ1) is 22.5. The van der Waals surface area contributed by atoms with Crippen LogP contribution < -0.4 is 10.7 Å². The van der Waals surface area contributed by atoms with Crippen LogP contribution in [0.25, 0.3) is 0 Å². The average Bonchev–Trinajstić information content (AvgIpc) is 2.61. The molecule has 0 radical (unpaired) electrons. The number of amides is 2. The van der Waals surface area contributed by atoms with Crippen molar-refractivity contribution < 1.29 is 9.59 Å². The molecular formula is C19H27Cl2N3O2. The summed E-state index contributed by atoms with van der Waals surface area (Å²) in [5.74, 6) is -0.524. The van der Waals surface area contributed by atoms with Gasteiger partial charge < -0.3 is 5.32 Å². The van der Waals surface area contributed by atoms with Gasteiger partial charge in [-0.15, -0.1) is 0 Å². The Balaban J connectivity index is 2.16. The van der Waals surface area contributed by atoms with Gasteiger partial charge in [0.05, 0.1) is 22.8 Å². The summed E-state index contributed by atoms with van der Waals surface area (Å²) in [6, 6.07) is 5.09. The lowest BCUT2D eigenvalue weighted by molar-refractivity contribution is -0.126. The van der Waals surface area contributed by atoms with Gasteiger partial charge in [-0.3, -0.25) is 9.59 Å². The van der Waals surface area contributed by atoms with Crippen molar-refractivity contribution in [2.75, 3.05) is 6.54 Å². The molecule has 0 atom stereocenters. The van der Waals surface area contributed by atoms with Crippen molar-refractivity contribution in [1.82, 2.24) is 10.7 Å². The molecule has 2 N–H and O–H groups in total. The van der Waals surface area contributed by atoms with Gasteiger partial charge in [0.1, 0.15) is 0 Å². The number of nitrogens with zero attached hydrogens (tertiary/aromatic N) is 1. The van der Waals surface area contributed by atoms with Gasteiger partial charge in [-0.2, -0.15) is 5.10 Å². The second kappa shape index (κ2) is 13.6. The molecule has 0 aromatic heterocycles. The van der Waals surface area contributed by atoms with E-state index in [9.17, 15) is 9.59 Å². The van der Waals surface area contributed by atoms with Crippen molar-refractivity contribution in [1.29, 1.82) is 0 Å². The number of halogens is 2. The Morgan fingerprint density at radius 1 is 1.00 bits per heavy atom. The van der Waals surface area contributed by atoms with Crippen molar-refractivity contribution in [3.63, 3.8) is 0 Å². The maximum absolute atomic E-state index is 11.7. The second-order valence-electron chi connectivity index (χ2n) is 6.08. The summed E-state index contributed by atoms with van der Waals surface area (Å²) in [5, 5.41) is 7.28. The quantitative estimate of drug-likeness (QED) is 0.303. The highest BCUT2D eigenvalue weighted by Crippen LogP contribution is 2.21. The Kier molecular flexibility index (Phi) is 11.7. The van der Waals surface area contributed by atoms with E-state index in [0.717, 1.165) is 19.3 Å². The standard InChI is InChI=1S/C19H27Cl2N3O2/c1-2-3-4-5-6-7-8-12-18(25)22-14-19(26)24-23-13-15-16(20)10-9-11-17(15)21/h9-11,13H,2-8,12,14H2,1H3,(H,22,25)(H,24,26)/b23-13-. The minimum Gasteiger partial charge on any atom is -0.347 e. The topological polar surface area (TPSA) is 70.6 Å². The SMILES string of the molecule is CCCCCCCCCC(=O)NCC(=O)N/N=C\c1c(Cl)cccc1Cl. The number of hydrogen-bond donors (Lipinski definition) is 2. The molecule has 1 aromatic carbocycles. The Morgan fingerprint density at radius 2 is 1.62 bits per heavy atom. The van der Waals surface area contributed by atoms with Crippen molar-refractivity contribution >= 4 is 41.2 Å². The van der Waals surface area contributed by atoms with Gasteiger partial charge in [0.2, 0.25) is 5.91 Å². The lowest BCUT2D eigenvalue weighted by Gasteiger charge is -2.05. The first-order chi connectivity index (χ1) is 12.5. The number of hydrogen-bond acceptors (Lipinski definition) is 3. The van der Waals surface area contributed by atoms with Gasteiger partial charge in [0, 0.05) is 12.0 Å². The van der Waals surface area contributed by atoms with Crippen molar-refractivity contribution in [3.8, 4) is 0 Å². The highest BCUT2D eigenvalue weighted by atomic mass is 35.5. The van der Waals surface area contributed by atoms with Gasteiger partial charge in [0.15, 0.2) is 0 Å². The minimum absolute atomic E-state index is 0.108. The van der Waals surface area contributed by atoms with E-state index in [1.165, 1.54) is 31.9 Å². The van der Waals surface area contributed by atoms with Crippen LogP contribution >= 0.6 is 23.2 Å². The van der Waals surface area contributed by atoms with Crippen LogP contribution in [0.2, 0.25) is 10.0 Å². The molecule has 0 aliphatic heterocycles. The number of carbonyl (C=O) groups excluding carboxylic acids is 2. The fraction of sp³-hybridized carbons (Fsp3) is 0.526. The third kappa shape index (κ3) is 9.78. The van der Waals surface area contributed by atoms with E-state index in [1.807, 2.05) is 0 Å². The van der Waals surface area contributed by atoms with Crippen LogP contribution in [0.15, 0.2) is 23.3 Å². The van der Waals surface area contributed by atoms with Crippen LogP contribution in [-0.2, 0) is 9.59 Å². The fourth-order valence-corrected chi connectivity index (χ4v) is 2.85. The predicted molar refractivity (Wildman–Crippen MR) is 108 cm³/mol. The smallest absolute Gasteiger partial charge is 0.259 e. The number of nitrogens with one attached hydrogen (secondary N) is 2. The fourth-order valence-electron chi connectivity index (χ4n) is 2.35. The zero-order valence-electron chi connectivity index (χ0n) is 15.2. The first-order valence-corrected chi connectivity index (χ1v) is 9.82. The molecule has 0 saturated carbocycles. The molecule has 0 aliphatic carbocycles. The summed E-state index contributed by atoms with van der Waals surface area (Å²) < 4.78 is 0. The molecule has 7 heteroatoms. The van der Waals surface area contributed by atoms with Gasteiger partial charge in [0.25, 0.3) is 5.91 Å². The summed E-state index contributed by atoms with van der Waals surface area (Å²) in [6.45, 7) is 2.08. The normalized spacial score (nSPS) is 10.9. The molecule has 0 heterocycles. The number of unbranched alkanes of at least 4 members (excludes halogenated alkanes) is 6. The third-order valence-corrected chi connectivity index (χ3v) is 4.50. The van der Waals surface area contributed by atoms with E-state index in [1.54, 1.807) is 18.2 Å². The van der Waals surface area contributed by atoms with Gasteiger partial charge >= 0.3 is 0 Å². The average molecular weight is 400 g/mol. The predicted octanol–water partition coefficient (Wildman–Crippen LogP) is 4.70. The molecule has 0 saturated heterocycles. The highest BCUT2D eigenvalue weighted by molar-refractivity contribution is 6.38. The number of benzene rings is 1. The summed E-state index contributed by atoms with van der Waals surface area (Å²) >= 11 is 12.0. The number of rotatable bonds is 12. The van der Waals surface area contributed by atoms with Gasteiger partial charge in [-0.05, 0) is 18.6 Å². The number of carbonyl (C=O) groups is 2. The Bertz CT molecular complexity index is 586. The first-order valence-electron chi connectivity index (χ1n) is 9.07. The molecule has 1 aromatic rings. The highest BCUT2D eigenvalue weighted by Gasteiger charge is 2.05. The van der Waals surface area contributed by atoms with Crippen LogP contribution in [0.4, 0.5) is 0 Å². The Hall–Kier alpha value is -1.59. The Labute approximate surface area is 165 Å². The summed E-state index contributed by atoms with van der Waals surface area (Å²) in [4.78, 5) is 23.4. The molecule has 144 valence electrons. The van der Waals surface area contributed by atoms with E-state index < -0.39 is 5.91 Å². The maximum Gasteiger partial charge on any atom is 0.259 e. The monoisotopic (exact) mass is 399 g/mol. The van der Waals surface area contributed by atoms with Crippen molar-refractivity contribution in [3.05, 3.63) is 33.8 Å².